The molecule has 3 rings (SSSR count). The second kappa shape index (κ2) is 5.48. The summed E-state index contributed by atoms with van der Waals surface area (Å²) in [4.78, 5) is 15.5. The summed E-state index contributed by atoms with van der Waals surface area (Å²) in [5.41, 5.74) is 1.01. The molecule has 0 unspecified atom stereocenters. The van der Waals surface area contributed by atoms with Gasteiger partial charge in [-0.05, 0) is 30.1 Å². The first-order chi connectivity index (χ1) is 9.74. The van der Waals surface area contributed by atoms with Gasteiger partial charge in [-0.25, -0.2) is 4.98 Å². The molecule has 2 aromatic carbocycles. The number of anilines is 1. The van der Waals surface area contributed by atoms with Gasteiger partial charge in [-0.15, -0.1) is 0 Å². The van der Waals surface area contributed by atoms with E-state index in [9.17, 15) is 10.1 Å². The number of para-hydroxylation sites is 2. The highest BCUT2D eigenvalue weighted by Crippen LogP contribution is 2.32. The molecule has 0 spiro atoms. The molecular formula is C13H9N3O2S2. The highest BCUT2D eigenvalue weighted by molar-refractivity contribution is 8.00. The number of benzene rings is 2. The minimum Gasteiger partial charge on any atom is -0.301 e. The maximum atomic E-state index is 10.9. The average Bonchev–Trinajstić information content (AvgIpc) is 2.88. The van der Waals surface area contributed by atoms with Crippen molar-refractivity contribution < 1.29 is 4.92 Å². The Bertz CT molecular complexity index is 740. The highest BCUT2D eigenvalue weighted by Gasteiger charge is 2.13. The van der Waals surface area contributed by atoms with Crippen molar-refractivity contribution >= 4 is 44.3 Å². The summed E-state index contributed by atoms with van der Waals surface area (Å²) < 4.78 is 4.15. The number of nitrogens with one attached hydrogen (secondary N) is 1. The van der Waals surface area contributed by atoms with E-state index in [2.05, 4.69) is 9.71 Å². The first-order valence-corrected chi connectivity index (χ1v) is 7.39. The zero-order valence-corrected chi connectivity index (χ0v) is 11.8. The number of thiazole rings is 1. The Morgan fingerprint density at radius 2 is 1.90 bits per heavy atom. The smallest absolute Gasteiger partial charge is 0.284 e. The van der Waals surface area contributed by atoms with Crippen LogP contribution in [0.2, 0.25) is 0 Å². The zero-order valence-electron chi connectivity index (χ0n) is 10.1. The predicted molar refractivity (Wildman–Crippen MR) is 82.2 cm³/mol. The maximum Gasteiger partial charge on any atom is 0.284 e. The molecule has 3 aromatic rings. The van der Waals surface area contributed by atoms with E-state index in [0.717, 1.165) is 15.3 Å². The SMILES string of the molecule is O=[N+]([O-])c1ccccc1SNc1nc2ccccc2s1. The first kappa shape index (κ1) is 12.9. The van der Waals surface area contributed by atoms with Crippen LogP contribution in [0.1, 0.15) is 0 Å². The molecule has 0 saturated heterocycles. The summed E-state index contributed by atoms with van der Waals surface area (Å²) >= 11 is 2.72. The number of nitro benzene ring substituents is 1. The molecule has 0 bridgehead atoms. The Morgan fingerprint density at radius 1 is 1.15 bits per heavy atom. The van der Waals surface area contributed by atoms with E-state index < -0.39 is 0 Å². The lowest BCUT2D eigenvalue weighted by Crippen LogP contribution is -1.92. The van der Waals surface area contributed by atoms with Crippen LogP contribution in [0.25, 0.3) is 10.2 Å². The van der Waals surface area contributed by atoms with Crippen molar-refractivity contribution in [3.05, 3.63) is 58.6 Å². The van der Waals surface area contributed by atoms with Crippen molar-refractivity contribution in [3.63, 3.8) is 0 Å². The van der Waals surface area contributed by atoms with Gasteiger partial charge in [0, 0.05) is 6.07 Å². The lowest BCUT2D eigenvalue weighted by Gasteiger charge is -2.02. The molecule has 5 nitrogen and oxygen atoms in total. The summed E-state index contributed by atoms with van der Waals surface area (Å²) in [7, 11) is 0. The van der Waals surface area contributed by atoms with Gasteiger partial charge in [0.15, 0.2) is 5.13 Å². The van der Waals surface area contributed by atoms with Crippen molar-refractivity contribution in [2.75, 3.05) is 4.72 Å². The number of hydrogen-bond acceptors (Lipinski definition) is 6. The fourth-order valence-electron chi connectivity index (χ4n) is 1.71. The van der Waals surface area contributed by atoms with Gasteiger partial charge in [0.2, 0.25) is 0 Å². The van der Waals surface area contributed by atoms with Gasteiger partial charge in [0.1, 0.15) is 4.90 Å². The number of fused-ring (bicyclic) bond motifs is 1. The molecular weight excluding hydrogens is 294 g/mol. The standard InChI is InChI=1S/C13H9N3O2S2/c17-16(18)10-6-2-4-8-12(10)20-15-13-14-9-5-1-3-7-11(9)19-13/h1-8H,(H,14,15). The number of hydrogen-bond donors (Lipinski definition) is 1. The third kappa shape index (κ3) is 2.59. The maximum absolute atomic E-state index is 10.9. The molecule has 0 aliphatic carbocycles. The van der Waals surface area contributed by atoms with E-state index in [-0.39, 0.29) is 10.6 Å². The molecule has 0 atom stereocenters. The zero-order chi connectivity index (χ0) is 13.9. The Labute approximate surface area is 122 Å². The van der Waals surface area contributed by atoms with Crippen molar-refractivity contribution in [1.29, 1.82) is 0 Å². The quantitative estimate of drug-likeness (QED) is 0.441. The van der Waals surface area contributed by atoms with Crippen LogP contribution in [0.4, 0.5) is 10.8 Å². The van der Waals surface area contributed by atoms with Crippen molar-refractivity contribution in [3.8, 4) is 0 Å². The minimum atomic E-state index is -0.387. The molecule has 0 aliphatic rings. The van der Waals surface area contributed by atoms with Crippen LogP contribution >= 0.6 is 23.3 Å². The van der Waals surface area contributed by atoms with E-state index >= 15 is 0 Å². The van der Waals surface area contributed by atoms with Crippen LogP contribution in [0.15, 0.2) is 53.4 Å². The fourth-order valence-corrected chi connectivity index (χ4v) is 3.35. The number of nitro groups is 1. The number of nitrogens with zero attached hydrogens (tertiary/aromatic N) is 2. The van der Waals surface area contributed by atoms with Crippen molar-refractivity contribution in [2.45, 2.75) is 4.90 Å². The van der Waals surface area contributed by atoms with E-state index in [1.807, 2.05) is 24.3 Å². The Hall–Kier alpha value is -2.12. The van der Waals surface area contributed by atoms with E-state index in [1.54, 1.807) is 18.2 Å². The first-order valence-electron chi connectivity index (χ1n) is 5.76. The molecule has 20 heavy (non-hydrogen) atoms. The minimum absolute atomic E-state index is 0.0890. The van der Waals surface area contributed by atoms with Gasteiger partial charge in [-0.1, -0.05) is 35.6 Å². The van der Waals surface area contributed by atoms with Crippen LogP contribution in [0, 0.1) is 10.1 Å². The predicted octanol–water partition coefficient (Wildman–Crippen LogP) is 4.32. The lowest BCUT2D eigenvalue weighted by atomic mass is 10.3. The van der Waals surface area contributed by atoms with Gasteiger partial charge in [-0.2, -0.15) is 0 Å². The highest BCUT2D eigenvalue weighted by atomic mass is 32.2. The van der Waals surface area contributed by atoms with Crippen molar-refractivity contribution in [2.24, 2.45) is 0 Å². The second-order valence-corrected chi connectivity index (χ2v) is 5.79. The number of rotatable bonds is 4. The lowest BCUT2D eigenvalue weighted by molar-refractivity contribution is -0.387. The van der Waals surface area contributed by atoms with Crippen LogP contribution in [-0.4, -0.2) is 9.91 Å². The van der Waals surface area contributed by atoms with Gasteiger partial charge in [-0.3, -0.25) is 10.1 Å². The third-order valence-corrected chi connectivity index (χ3v) is 4.55. The van der Waals surface area contributed by atoms with E-state index in [1.165, 1.54) is 29.4 Å². The molecule has 0 saturated carbocycles. The molecule has 0 radical (unpaired) electrons. The Balaban J connectivity index is 1.81. The summed E-state index contributed by atoms with van der Waals surface area (Å²) in [6.07, 6.45) is 0. The van der Waals surface area contributed by atoms with Gasteiger partial charge in [0.05, 0.1) is 15.1 Å². The summed E-state index contributed by atoms with van der Waals surface area (Å²) in [5.74, 6) is 0. The normalized spacial score (nSPS) is 10.6. The second-order valence-electron chi connectivity index (χ2n) is 3.92. The topological polar surface area (TPSA) is 68.1 Å². The number of aromatic nitrogens is 1. The largest absolute Gasteiger partial charge is 0.301 e. The Morgan fingerprint density at radius 3 is 2.70 bits per heavy atom. The molecule has 1 aromatic heterocycles. The molecule has 0 aliphatic heterocycles. The molecule has 1 heterocycles. The average molecular weight is 303 g/mol. The molecule has 0 amide bonds. The van der Waals surface area contributed by atoms with Crippen molar-refractivity contribution in [1.82, 2.24) is 4.98 Å². The Kier molecular flexibility index (Phi) is 3.53. The summed E-state index contributed by atoms with van der Waals surface area (Å²) in [6, 6.07) is 14.4. The summed E-state index contributed by atoms with van der Waals surface area (Å²) in [6.45, 7) is 0. The monoisotopic (exact) mass is 303 g/mol. The third-order valence-electron chi connectivity index (χ3n) is 2.60. The summed E-state index contributed by atoms with van der Waals surface area (Å²) in [5, 5.41) is 11.7. The van der Waals surface area contributed by atoms with Gasteiger partial charge < -0.3 is 4.72 Å². The molecule has 1 N–H and O–H groups in total. The molecule has 7 heteroatoms. The van der Waals surface area contributed by atoms with Gasteiger partial charge in [0.25, 0.3) is 5.69 Å². The fraction of sp³-hybridized carbons (Fsp3) is 0. The van der Waals surface area contributed by atoms with Crippen LogP contribution < -0.4 is 4.72 Å². The van der Waals surface area contributed by atoms with E-state index in [4.69, 9.17) is 0 Å². The van der Waals surface area contributed by atoms with Gasteiger partial charge >= 0.3 is 0 Å². The van der Waals surface area contributed by atoms with Crippen LogP contribution in [0.5, 0.6) is 0 Å². The van der Waals surface area contributed by atoms with Crippen LogP contribution in [0.3, 0.4) is 0 Å². The molecule has 100 valence electrons. The van der Waals surface area contributed by atoms with E-state index in [0.29, 0.717) is 4.90 Å². The van der Waals surface area contributed by atoms with Crippen LogP contribution in [-0.2, 0) is 0 Å². The molecule has 0 fully saturated rings.